The molecule has 0 aromatic heterocycles. The molecule has 0 spiro atoms. The van der Waals surface area contributed by atoms with Crippen LogP contribution in [0.2, 0.25) is 6.55 Å². The van der Waals surface area contributed by atoms with E-state index in [1.165, 1.54) is 0 Å². The van der Waals surface area contributed by atoms with Crippen molar-refractivity contribution in [2.24, 2.45) is 0 Å². The molecule has 0 heterocycles. The zero-order valence-electron chi connectivity index (χ0n) is 10.4. The van der Waals surface area contributed by atoms with Crippen molar-refractivity contribution < 1.29 is 18.4 Å². The fraction of sp³-hybridized carbons (Fsp3) is 1.00. The average molecular weight is 236 g/mol. The summed E-state index contributed by atoms with van der Waals surface area (Å²) >= 11 is 0. The van der Waals surface area contributed by atoms with Crippen LogP contribution in [-0.4, -0.2) is 39.3 Å². The molecule has 0 aliphatic heterocycles. The summed E-state index contributed by atoms with van der Waals surface area (Å²) < 4.78 is 16.8. The predicted octanol–water partition coefficient (Wildman–Crippen LogP) is 1.80. The van der Waals surface area contributed by atoms with E-state index in [9.17, 15) is 5.11 Å². The lowest BCUT2D eigenvalue weighted by molar-refractivity contribution is -0.0166. The quantitative estimate of drug-likeness (QED) is 0.653. The van der Waals surface area contributed by atoms with Gasteiger partial charge in [-0.25, -0.2) is 0 Å². The highest BCUT2D eigenvalue weighted by Gasteiger charge is 2.37. The number of hydrogen-bond acceptors (Lipinski definition) is 4. The highest BCUT2D eigenvalue weighted by molar-refractivity contribution is 6.59. The lowest BCUT2D eigenvalue weighted by atomic mass is 10.2. The molecular weight excluding hydrogens is 212 g/mol. The van der Waals surface area contributed by atoms with Crippen LogP contribution in [0, 0.1) is 0 Å². The van der Waals surface area contributed by atoms with Crippen LogP contribution in [-0.2, 0) is 13.3 Å². The van der Waals surface area contributed by atoms with E-state index in [-0.39, 0.29) is 6.10 Å². The van der Waals surface area contributed by atoms with Gasteiger partial charge in [0.05, 0.1) is 12.2 Å². The predicted molar refractivity (Wildman–Crippen MR) is 61.7 cm³/mol. The first-order valence-electron chi connectivity index (χ1n) is 5.62. The van der Waals surface area contributed by atoms with Gasteiger partial charge in [-0.05, 0) is 27.2 Å². The van der Waals surface area contributed by atoms with Crippen molar-refractivity contribution >= 4 is 8.80 Å². The van der Waals surface area contributed by atoms with E-state index in [0.717, 1.165) is 0 Å². The first-order chi connectivity index (χ1) is 6.99. The molecule has 5 heteroatoms. The van der Waals surface area contributed by atoms with Gasteiger partial charge in [0.2, 0.25) is 0 Å². The first-order valence-corrected chi connectivity index (χ1v) is 7.85. The van der Waals surface area contributed by atoms with E-state index in [1.54, 1.807) is 0 Å². The summed E-state index contributed by atoms with van der Waals surface area (Å²) in [6, 6.07) is 0. The second-order valence-electron chi connectivity index (χ2n) is 3.53. The summed E-state index contributed by atoms with van der Waals surface area (Å²) in [5.41, 5.74) is 0. The van der Waals surface area contributed by atoms with E-state index >= 15 is 0 Å². The summed E-state index contributed by atoms with van der Waals surface area (Å²) in [4.78, 5) is 0. The topological polar surface area (TPSA) is 47.9 Å². The molecule has 0 rings (SSSR count). The van der Waals surface area contributed by atoms with Crippen molar-refractivity contribution in [1.29, 1.82) is 0 Å². The summed E-state index contributed by atoms with van der Waals surface area (Å²) in [6.45, 7) is 10.6. The van der Waals surface area contributed by atoms with Crippen LogP contribution in [0.1, 0.15) is 34.1 Å². The van der Waals surface area contributed by atoms with E-state index in [2.05, 4.69) is 0 Å². The summed E-state index contributed by atoms with van der Waals surface area (Å²) in [6.07, 6.45) is -0.0355. The van der Waals surface area contributed by atoms with Gasteiger partial charge >= 0.3 is 8.80 Å². The van der Waals surface area contributed by atoms with E-state index in [4.69, 9.17) is 13.3 Å². The Balaban J connectivity index is 4.26. The van der Waals surface area contributed by atoms with Gasteiger partial charge in [-0.2, -0.15) is 0 Å². The molecule has 0 bridgehead atoms. The van der Waals surface area contributed by atoms with E-state index < -0.39 is 14.9 Å². The van der Waals surface area contributed by atoms with Crippen molar-refractivity contribution in [3.63, 3.8) is 0 Å². The van der Waals surface area contributed by atoms with Gasteiger partial charge in [-0.15, -0.1) is 0 Å². The Bertz CT molecular complexity index is 160. The minimum atomic E-state index is -2.55. The van der Waals surface area contributed by atoms with E-state index in [0.29, 0.717) is 19.6 Å². The lowest BCUT2D eigenvalue weighted by Crippen LogP contribution is -2.47. The fourth-order valence-corrected chi connectivity index (χ4v) is 3.48. The highest BCUT2D eigenvalue weighted by atomic mass is 28.4. The zero-order chi connectivity index (χ0) is 11.9. The molecule has 1 N–H and O–H groups in total. The molecular formula is C10H24O4Si. The van der Waals surface area contributed by atoms with Crippen molar-refractivity contribution in [2.45, 2.75) is 52.9 Å². The fourth-order valence-electron chi connectivity index (χ4n) is 1.38. The SMILES string of the molecule is CCO[Si](C)(OCC)OC(C)C(O)CC. The Hall–Kier alpha value is 0.0569. The third-order valence-corrected chi connectivity index (χ3v) is 4.60. The van der Waals surface area contributed by atoms with Gasteiger partial charge in [0.1, 0.15) is 0 Å². The maximum Gasteiger partial charge on any atom is 0.497 e. The first kappa shape index (κ1) is 15.1. The Morgan fingerprint density at radius 2 is 1.60 bits per heavy atom. The van der Waals surface area contributed by atoms with Gasteiger partial charge < -0.3 is 18.4 Å². The molecule has 0 aliphatic rings. The Morgan fingerprint density at radius 3 is 1.93 bits per heavy atom. The number of rotatable bonds is 8. The molecule has 4 nitrogen and oxygen atoms in total. The second-order valence-corrected chi connectivity index (χ2v) is 6.06. The Labute approximate surface area is 93.9 Å². The number of aliphatic hydroxyl groups excluding tert-OH is 1. The molecule has 0 aromatic rings. The monoisotopic (exact) mass is 236 g/mol. The minimum Gasteiger partial charge on any atom is -0.390 e. The van der Waals surface area contributed by atoms with Crippen molar-refractivity contribution in [1.82, 2.24) is 0 Å². The normalized spacial score (nSPS) is 16.4. The van der Waals surface area contributed by atoms with Gasteiger partial charge in [0.15, 0.2) is 0 Å². The maximum absolute atomic E-state index is 9.61. The maximum atomic E-state index is 9.61. The van der Waals surface area contributed by atoms with Crippen LogP contribution in [0.3, 0.4) is 0 Å². The van der Waals surface area contributed by atoms with Crippen molar-refractivity contribution in [3.8, 4) is 0 Å². The molecule has 0 radical (unpaired) electrons. The molecule has 2 atom stereocenters. The van der Waals surface area contributed by atoms with Crippen molar-refractivity contribution in [2.75, 3.05) is 13.2 Å². The highest BCUT2D eigenvalue weighted by Crippen LogP contribution is 2.15. The van der Waals surface area contributed by atoms with Crippen molar-refractivity contribution in [3.05, 3.63) is 0 Å². The van der Waals surface area contributed by atoms with Gasteiger partial charge in [0.25, 0.3) is 0 Å². The molecule has 0 fully saturated rings. The smallest absolute Gasteiger partial charge is 0.390 e. The molecule has 92 valence electrons. The molecule has 0 saturated carbocycles. The molecule has 15 heavy (non-hydrogen) atoms. The number of aliphatic hydroxyl groups is 1. The minimum absolute atomic E-state index is 0.246. The van der Waals surface area contributed by atoms with Crippen LogP contribution >= 0.6 is 0 Å². The molecule has 0 aromatic carbocycles. The molecule has 2 unspecified atom stereocenters. The second kappa shape index (κ2) is 7.35. The molecule has 0 amide bonds. The van der Waals surface area contributed by atoms with Crippen LogP contribution < -0.4 is 0 Å². The van der Waals surface area contributed by atoms with Crippen LogP contribution in [0.5, 0.6) is 0 Å². The molecule has 0 aliphatic carbocycles. The zero-order valence-corrected chi connectivity index (χ0v) is 11.4. The lowest BCUT2D eigenvalue weighted by Gasteiger charge is -2.30. The van der Waals surface area contributed by atoms with Gasteiger partial charge in [0, 0.05) is 19.8 Å². The third-order valence-electron chi connectivity index (χ3n) is 2.17. The standard InChI is InChI=1S/C10H24O4Si/c1-6-10(11)9(4)14-15(5,12-7-2)13-8-3/h9-11H,6-8H2,1-5H3. The number of hydrogen-bond donors (Lipinski definition) is 1. The van der Waals surface area contributed by atoms with Crippen LogP contribution in [0.4, 0.5) is 0 Å². The molecule has 0 saturated heterocycles. The van der Waals surface area contributed by atoms with Crippen LogP contribution in [0.25, 0.3) is 0 Å². The summed E-state index contributed by atoms with van der Waals surface area (Å²) in [5, 5.41) is 9.61. The Morgan fingerprint density at radius 1 is 1.13 bits per heavy atom. The third kappa shape index (κ3) is 5.63. The summed E-state index contributed by atoms with van der Waals surface area (Å²) in [5.74, 6) is 0. The average Bonchev–Trinajstić information content (AvgIpc) is 2.16. The van der Waals surface area contributed by atoms with Gasteiger partial charge in [-0.1, -0.05) is 6.92 Å². The Kier molecular flexibility index (Phi) is 7.38. The summed E-state index contributed by atoms with van der Waals surface area (Å²) in [7, 11) is -2.55. The van der Waals surface area contributed by atoms with Crippen LogP contribution in [0.15, 0.2) is 0 Å². The van der Waals surface area contributed by atoms with E-state index in [1.807, 2.05) is 34.2 Å². The van der Waals surface area contributed by atoms with Gasteiger partial charge in [-0.3, -0.25) is 0 Å². The largest absolute Gasteiger partial charge is 0.497 e.